The van der Waals surface area contributed by atoms with Crippen LogP contribution in [0.1, 0.15) is 0 Å². The van der Waals surface area contributed by atoms with Gasteiger partial charge in [-0.2, -0.15) is 0 Å². The largest absolute Gasteiger partial charge is 0.383 e. The molecule has 0 spiro atoms. The Kier molecular flexibility index (Phi) is 6.34. The first-order chi connectivity index (χ1) is 8.71. The SMILES string of the molecule is COCCN1C(=O)N(CCOC)C(OC)C1OC. The van der Waals surface area contributed by atoms with Gasteiger partial charge in [0.05, 0.1) is 13.2 Å². The molecule has 7 heteroatoms. The van der Waals surface area contributed by atoms with E-state index in [1.54, 1.807) is 38.2 Å². The molecule has 0 aromatic heterocycles. The van der Waals surface area contributed by atoms with Crippen LogP contribution in [0.25, 0.3) is 0 Å². The normalized spacial score (nSPS) is 24.1. The van der Waals surface area contributed by atoms with Gasteiger partial charge in [-0.1, -0.05) is 0 Å². The molecule has 106 valence electrons. The highest BCUT2D eigenvalue weighted by Gasteiger charge is 2.45. The quantitative estimate of drug-likeness (QED) is 0.614. The molecule has 1 heterocycles. The van der Waals surface area contributed by atoms with Gasteiger partial charge in [0.15, 0.2) is 12.5 Å². The molecule has 2 unspecified atom stereocenters. The fourth-order valence-electron chi connectivity index (χ4n) is 2.00. The van der Waals surface area contributed by atoms with E-state index in [4.69, 9.17) is 18.9 Å². The smallest absolute Gasteiger partial charge is 0.324 e. The summed E-state index contributed by atoms with van der Waals surface area (Å²) in [4.78, 5) is 15.4. The summed E-state index contributed by atoms with van der Waals surface area (Å²) in [6.45, 7) is 1.86. The highest BCUT2D eigenvalue weighted by atomic mass is 16.6. The van der Waals surface area contributed by atoms with Gasteiger partial charge in [-0.05, 0) is 0 Å². The maximum atomic E-state index is 12.2. The first-order valence-electron chi connectivity index (χ1n) is 5.82. The van der Waals surface area contributed by atoms with Gasteiger partial charge in [-0.15, -0.1) is 0 Å². The highest BCUT2D eigenvalue weighted by Crippen LogP contribution is 2.23. The fourth-order valence-corrected chi connectivity index (χ4v) is 2.00. The molecule has 0 aromatic rings. The van der Waals surface area contributed by atoms with Crippen molar-refractivity contribution in [2.24, 2.45) is 0 Å². The van der Waals surface area contributed by atoms with Crippen molar-refractivity contribution in [3.63, 3.8) is 0 Å². The Labute approximate surface area is 108 Å². The van der Waals surface area contributed by atoms with Crippen LogP contribution in [0, 0.1) is 0 Å². The standard InChI is InChI=1S/C11H22N2O5/c1-15-7-5-12-9(17-3)10(18-4)13(11(12)14)6-8-16-2/h9-10H,5-8H2,1-4H3. The second-order valence-electron chi connectivity index (χ2n) is 3.91. The summed E-state index contributed by atoms with van der Waals surface area (Å²) in [6.07, 6.45) is -0.844. The molecule has 18 heavy (non-hydrogen) atoms. The van der Waals surface area contributed by atoms with Crippen molar-refractivity contribution in [1.29, 1.82) is 0 Å². The van der Waals surface area contributed by atoms with Gasteiger partial charge in [-0.25, -0.2) is 4.79 Å². The third-order valence-electron chi connectivity index (χ3n) is 2.91. The average molecular weight is 262 g/mol. The molecule has 1 aliphatic rings. The van der Waals surface area contributed by atoms with Crippen LogP contribution in [0.2, 0.25) is 0 Å². The Bertz CT molecular complexity index is 240. The summed E-state index contributed by atoms with van der Waals surface area (Å²) in [7, 11) is 6.31. The Morgan fingerprint density at radius 1 is 0.889 bits per heavy atom. The summed E-state index contributed by atoms with van der Waals surface area (Å²) in [6, 6.07) is -0.122. The number of urea groups is 1. The first kappa shape index (κ1) is 15.2. The maximum Gasteiger partial charge on any atom is 0.324 e. The monoisotopic (exact) mass is 262 g/mol. The molecule has 7 nitrogen and oxygen atoms in total. The maximum absolute atomic E-state index is 12.2. The molecule has 1 rings (SSSR count). The van der Waals surface area contributed by atoms with Crippen molar-refractivity contribution in [1.82, 2.24) is 9.80 Å². The van der Waals surface area contributed by atoms with Crippen molar-refractivity contribution in [3.05, 3.63) is 0 Å². The number of ether oxygens (including phenoxy) is 4. The van der Waals surface area contributed by atoms with Crippen molar-refractivity contribution < 1.29 is 23.7 Å². The van der Waals surface area contributed by atoms with E-state index in [9.17, 15) is 4.79 Å². The van der Waals surface area contributed by atoms with E-state index in [1.807, 2.05) is 0 Å². The van der Waals surface area contributed by atoms with Crippen LogP contribution in [0.15, 0.2) is 0 Å². The van der Waals surface area contributed by atoms with E-state index in [2.05, 4.69) is 0 Å². The Balaban J connectivity index is 2.75. The molecule has 1 saturated heterocycles. The van der Waals surface area contributed by atoms with E-state index in [1.165, 1.54) is 0 Å². The van der Waals surface area contributed by atoms with Crippen LogP contribution in [0.5, 0.6) is 0 Å². The number of nitrogens with zero attached hydrogens (tertiary/aromatic N) is 2. The number of carbonyl (C=O) groups is 1. The molecule has 0 aromatic carbocycles. The molecular weight excluding hydrogens is 240 g/mol. The molecule has 0 radical (unpaired) electrons. The summed E-state index contributed by atoms with van der Waals surface area (Å²) in [5.74, 6) is 0. The van der Waals surface area contributed by atoms with Gasteiger partial charge in [0.1, 0.15) is 0 Å². The third kappa shape index (κ3) is 3.11. The Morgan fingerprint density at radius 2 is 1.28 bits per heavy atom. The zero-order valence-electron chi connectivity index (χ0n) is 11.4. The zero-order chi connectivity index (χ0) is 13.5. The summed E-state index contributed by atoms with van der Waals surface area (Å²) in [5, 5.41) is 0. The average Bonchev–Trinajstić information content (AvgIpc) is 2.65. The lowest BCUT2D eigenvalue weighted by Crippen LogP contribution is -2.41. The summed E-state index contributed by atoms with van der Waals surface area (Å²) >= 11 is 0. The van der Waals surface area contributed by atoms with Crippen LogP contribution in [-0.4, -0.2) is 83.0 Å². The molecule has 1 fully saturated rings. The predicted molar refractivity (Wildman–Crippen MR) is 64.2 cm³/mol. The fraction of sp³-hybridized carbons (Fsp3) is 0.909. The lowest BCUT2D eigenvalue weighted by Gasteiger charge is -2.25. The van der Waals surface area contributed by atoms with Gasteiger partial charge in [0.2, 0.25) is 0 Å². The van der Waals surface area contributed by atoms with Crippen LogP contribution >= 0.6 is 0 Å². The molecule has 1 aliphatic heterocycles. The topological polar surface area (TPSA) is 60.5 Å². The van der Waals surface area contributed by atoms with Gasteiger partial charge < -0.3 is 18.9 Å². The Morgan fingerprint density at radius 3 is 1.56 bits per heavy atom. The molecule has 2 atom stereocenters. The molecule has 2 amide bonds. The number of amides is 2. The van der Waals surface area contributed by atoms with E-state index in [0.29, 0.717) is 26.3 Å². The van der Waals surface area contributed by atoms with Gasteiger partial charge in [0, 0.05) is 41.5 Å². The zero-order valence-corrected chi connectivity index (χ0v) is 11.4. The van der Waals surface area contributed by atoms with E-state index < -0.39 is 12.5 Å². The second-order valence-corrected chi connectivity index (χ2v) is 3.91. The van der Waals surface area contributed by atoms with Crippen molar-refractivity contribution >= 4 is 6.03 Å². The molecule has 0 N–H and O–H groups in total. The van der Waals surface area contributed by atoms with Gasteiger partial charge in [0.25, 0.3) is 0 Å². The lowest BCUT2D eigenvalue weighted by atomic mass is 10.4. The van der Waals surface area contributed by atoms with Crippen LogP contribution in [-0.2, 0) is 18.9 Å². The molecule has 0 aliphatic carbocycles. The minimum Gasteiger partial charge on any atom is -0.383 e. The summed E-state index contributed by atoms with van der Waals surface area (Å²) in [5.41, 5.74) is 0. The number of methoxy groups -OCH3 is 4. The lowest BCUT2D eigenvalue weighted by molar-refractivity contribution is -0.110. The number of rotatable bonds is 8. The van der Waals surface area contributed by atoms with E-state index in [0.717, 1.165) is 0 Å². The van der Waals surface area contributed by atoms with Crippen molar-refractivity contribution in [2.45, 2.75) is 12.5 Å². The van der Waals surface area contributed by atoms with Gasteiger partial charge in [-0.3, -0.25) is 9.80 Å². The number of carbonyl (C=O) groups excluding carboxylic acids is 1. The Hall–Kier alpha value is -0.890. The van der Waals surface area contributed by atoms with Crippen LogP contribution in [0.4, 0.5) is 4.79 Å². The van der Waals surface area contributed by atoms with Crippen molar-refractivity contribution in [2.75, 3.05) is 54.7 Å². The number of hydrogen-bond acceptors (Lipinski definition) is 5. The van der Waals surface area contributed by atoms with E-state index >= 15 is 0 Å². The third-order valence-corrected chi connectivity index (χ3v) is 2.91. The minimum atomic E-state index is -0.422. The molecule has 0 saturated carbocycles. The summed E-state index contributed by atoms with van der Waals surface area (Å²) < 4.78 is 20.7. The highest BCUT2D eigenvalue weighted by molar-refractivity contribution is 5.77. The molecule has 0 bridgehead atoms. The second kappa shape index (κ2) is 7.52. The van der Waals surface area contributed by atoms with Crippen LogP contribution < -0.4 is 0 Å². The molecular formula is C11H22N2O5. The minimum absolute atomic E-state index is 0.122. The predicted octanol–water partition coefficient (Wildman–Crippen LogP) is -0.0382. The van der Waals surface area contributed by atoms with E-state index in [-0.39, 0.29) is 6.03 Å². The van der Waals surface area contributed by atoms with Crippen LogP contribution in [0.3, 0.4) is 0 Å². The van der Waals surface area contributed by atoms with Crippen molar-refractivity contribution in [3.8, 4) is 0 Å². The number of hydrogen-bond donors (Lipinski definition) is 0. The first-order valence-corrected chi connectivity index (χ1v) is 5.82. The van der Waals surface area contributed by atoms with Gasteiger partial charge >= 0.3 is 6.03 Å².